The van der Waals surface area contributed by atoms with Crippen molar-refractivity contribution in [3.63, 3.8) is 0 Å². The molecular weight excluding hydrogens is 317 g/mol. The SMILES string of the molecule is CN(C)c1cc(Br)cc(S(F)(F)(F)(F)F)c1. The van der Waals surface area contributed by atoms with Gasteiger partial charge in [-0.2, -0.15) is 0 Å². The summed E-state index contributed by atoms with van der Waals surface area (Å²) in [5.41, 5.74) is 0.0534. The first-order chi connectivity index (χ1) is 6.79. The molecule has 0 N–H and O–H groups in total. The van der Waals surface area contributed by atoms with Gasteiger partial charge >= 0.3 is 10.2 Å². The minimum atomic E-state index is -9.60. The van der Waals surface area contributed by atoms with Gasteiger partial charge in [-0.1, -0.05) is 35.4 Å². The third kappa shape index (κ3) is 3.24. The zero-order chi connectivity index (χ0) is 12.8. The van der Waals surface area contributed by atoms with E-state index in [2.05, 4.69) is 15.9 Å². The minimum absolute atomic E-state index is 0.0399. The zero-order valence-corrected chi connectivity index (χ0v) is 10.8. The predicted molar refractivity (Wildman–Crippen MR) is 59.9 cm³/mol. The second-order valence-corrected chi connectivity index (χ2v) is 6.83. The summed E-state index contributed by atoms with van der Waals surface area (Å²) in [5, 5.41) is 0. The molecule has 0 radical (unpaired) electrons. The van der Waals surface area contributed by atoms with Crippen LogP contribution in [-0.2, 0) is 0 Å². The van der Waals surface area contributed by atoms with Gasteiger partial charge in [0.05, 0.1) is 0 Å². The van der Waals surface area contributed by atoms with Crippen LogP contribution in [0.25, 0.3) is 0 Å². The Morgan fingerprint density at radius 2 is 1.50 bits per heavy atom. The normalized spacial score (nSPS) is 16.5. The van der Waals surface area contributed by atoms with Crippen molar-refractivity contribution in [3.8, 4) is 0 Å². The van der Waals surface area contributed by atoms with Crippen LogP contribution in [0, 0.1) is 0 Å². The van der Waals surface area contributed by atoms with Crippen molar-refractivity contribution < 1.29 is 19.4 Å². The standard InChI is InChI=1S/C8H9BrF5NS/c1-15(2)7-3-6(9)4-8(5-7)16(10,11,12,13)14/h3-5H,1-2H3. The van der Waals surface area contributed by atoms with E-state index in [9.17, 15) is 19.4 Å². The van der Waals surface area contributed by atoms with E-state index >= 15 is 0 Å². The smallest absolute Gasteiger partial charge is 0.310 e. The molecule has 0 aromatic heterocycles. The zero-order valence-electron chi connectivity index (χ0n) is 8.36. The number of halogens is 6. The van der Waals surface area contributed by atoms with Crippen LogP contribution in [0.15, 0.2) is 27.6 Å². The van der Waals surface area contributed by atoms with Gasteiger partial charge in [-0.25, -0.2) is 0 Å². The van der Waals surface area contributed by atoms with E-state index in [0.29, 0.717) is 12.1 Å². The van der Waals surface area contributed by atoms with Crippen LogP contribution >= 0.6 is 26.2 Å². The molecule has 0 bridgehead atoms. The van der Waals surface area contributed by atoms with E-state index in [1.54, 1.807) is 0 Å². The van der Waals surface area contributed by atoms with Crippen LogP contribution in [0.2, 0.25) is 0 Å². The van der Waals surface area contributed by atoms with Gasteiger partial charge in [0.25, 0.3) is 0 Å². The molecule has 1 aromatic carbocycles. The molecule has 8 heteroatoms. The maximum Gasteiger partial charge on any atom is 0.310 e. The van der Waals surface area contributed by atoms with Crippen molar-refractivity contribution in [2.75, 3.05) is 19.0 Å². The average Bonchev–Trinajstić information content (AvgIpc) is 1.98. The van der Waals surface area contributed by atoms with Crippen molar-refractivity contribution in [1.82, 2.24) is 0 Å². The predicted octanol–water partition coefficient (Wildman–Crippen LogP) is 5.17. The quantitative estimate of drug-likeness (QED) is 0.678. The maximum atomic E-state index is 12.5. The van der Waals surface area contributed by atoms with E-state index in [1.807, 2.05) is 0 Å². The summed E-state index contributed by atoms with van der Waals surface area (Å²) in [7, 11) is -6.66. The summed E-state index contributed by atoms with van der Waals surface area (Å²) in [6, 6.07) is 2.15. The van der Waals surface area contributed by atoms with Crippen molar-refractivity contribution >= 4 is 31.8 Å². The Kier molecular flexibility index (Phi) is 2.57. The highest BCUT2D eigenvalue weighted by atomic mass is 79.9. The van der Waals surface area contributed by atoms with Gasteiger partial charge in [-0.3, -0.25) is 0 Å². The first-order valence-electron chi connectivity index (χ1n) is 4.01. The molecule has 0 unspecified atom stereocenters. The molecular formula is C8H9BrF5NS. The molecule has 0 saturated carbocycles. The molecule has 0 heterocycles. The molecule has 0 spiro atoms. The molecule has 0 aliphatic carbocycles. The summed E-state index contributed by atoms with van der Waals surface area (Å²) in [5.74, 6) is 0. The summed E-state index contributed by atoms with van der Waals surface area (Å²) < 4.78 is 62.6. The van der Waals surface area contributed by atoms with Crippen LogP contribution in [0.3, 0.4) is 0 Å². The van der Waals surface area contributed by atoms with Gasteiger partial charge in [-0.05, 0) is 18.2 Å². The Bertz CT molecular complexity index is 427. The fraction of sp³-hybridized carbons (Fsp3) is 0.250. The third-order valence-electron chi connectivity index (χ3n) is 1.82. The number of benzene rings is 1. The lowest BCUT2D eigenvalue weighted by Gasteiger charge is -2.41. The van der Waals surface area contributed by atoms with Gasteiger partial charge in [0.15, 0.2) is 0 Å². The van der Waals surface area contributed by atoms with Crippen molar-refractivity contribution in [2.45, 2.75) is 4.90 Å². The molecule has 0 saturated heterocycles. The Labute approximate surface area is 98.1 Å². The second-order valence-electron chi connectivity index (χ2n) is 3.51. The Hall–Kier alpha value is -0.500. The lowest BCUT2D eigenvalue weighted by atomic mass is 10.3. The fourth-order valence-corrected chi connectivity index (χ4v) is 2.35. The second kappa shape index (κ2) is 3.04. The van der Waals surface area contributed by atoms with Crippen LogP contribution in [0.5, 0.6) is 0 Å². The highest BCUT2D eigenvalue weighted by molar-refractivity contribution is 9.10. The van der Waals surface area contributed by atoms with E-state index < -0.39 is 15.1 Å². The first kappa shape index (κ1) is 13.6. The molecule has 1 nitrogen and oxygen atoms in total. The number of anilines is 1. The van der Waals surface area contributed by atoms with Gasteiger partial charge < -0.3 is 4.90 Å². The highest BCUT2D eigenvalue weighted by Crippen LogP contribution is 3.02. The van der Waals surface area contributed by atoms with E-state index in [4.69, 9.17) is 0 Å². The van der Waals surface area contributed by atoms with Gasteiger partial charge in [0, 0.05) is 24.3 Å². The van der Waals surface area contributed by atoms with E-state index in [-0.39, 0.29) is 10.2 Å². The molecule has 0 fully saturated rings. The number of hydrogen-bond acceptors (Lipinski definition) is 1. The maximum absolute atomic E-state index is 12.5. The van der Waals surface area contributed by atoms with Gasteiger partial charge in [0.1, 0.15) is 4.90 Å². The lowest BCUT2D eigenvalue weighted by molar-refractivity contribution is 0.364. The Morgan fingerprint density at radius 3 is 1.88 bits per heavy atom. The first-order valence-corrected chi connectivity index (χ1v) is 6.76. The van der Waals surface area contributed by atoms with Crippen molar-refractivity contribution in [1.29, 1.82) is 0 Å². The lowest BCUT2D eigenvalue weighted by Crippen LogP contribution is -2.11. The summed E-state index contributed by atoms with van der Waals surface area (Å²) >= 11 is 2.78. The minimum Gasteiger partial charge on any atom is -0.378 e. The van der Waals surface area contributed by atoms with E-state index in [1.165, 1.54) is 25.1 Å². The average molecular weight is 326 g/mol. The van der Waals surface area contributed by atoms with Crippen molar-refractivity contribution in [2.24, 2.45) is 0 Å². The van der Waals surface area contributed by atoms with Crippen LogP contribution in [0.4, 0.5) is 25.1 Å². The fourth-order valence-electron chi connectivity index (χ4n) is 1.03. The van der Waals surface area contributed by atoms with Crippen LogP contribution in [-0.4, -0.2) is 14.1 Å². The number of hydrogen-bond donors (Lipinski definition) is 0. The molecule has 1 aromatic rings. The molecule has 0 amide bonds. The van der Waals surface area contributed by atoms with Crippen LogP contribution < -0.4 is 4.90 Å². The topological polar surface area (TPSA) is 3.24 Å². The summed E-state index contributed by atoms with van der Waals surface area (Å²) in [6.07, 6.45) is 0. The molecule has 0 atom stereocenters. The van der Waals surface area contributed by atoms with Crippen molar-refractivity contribution in [3.05, 3.63) is 22.7 Å². The summed E-state index contributed by atoms with van der Waals surface area (Å²) in [4.78, 5) is -0.573. The van der Waals surface area contributed by atoms with Gasteiger partial charge in [0.2, 0.25) is 0 Å². The molecule has 1 rings (SSSR count). The largest absolute Gasteiger partial charge is 0.378 e. The summed E-state index contributed by atoms with van der Waals surface area (Å²) in [6.45, 7) is 0. The van der Waals surface area contributed by atoms with Crippen LogP contribution in [0.1, 0.15) is 0 Å². The Balaban J connectivity index is 3.50. The molecule has 0 aliphatic rings. The van der Waals surface area contributed by atoms with E-state index in [0.717, 1.165) is 0 Å². The Morgan fingerprint density at radius 1 is 1.00 bits per heavy atom. The van der Waals surface area contributed by atoms with Gasteiger partial charge in [-0.15, -0.1) is 0 Å². The monoisotopic (exact) mass is 325 g/mol. The molecule has 94 valence electrons. The molecule has 0 aliphatic heterocycles. The molecule has 16 heavy (non-hydrogen) atoms. The number of nitrogens with zero attached hydrogens (tertiary/aromatic N) is 1. The number of rotatable bonds is 2. The highest BCUT2D eigenvalue weighted by Gasteiger charge is 2.65. The third-order valence-corrected chi connectivity index (χ3v) is 3.40.